The third-order valence-corrected chi connectivity index (χ3v) is 6.16. The lowest BCUT2D eigenvalue weighted by Crippen LogP contribution is -2.49. The molecular formula is C21H19F2N3O5. The van der Waals surface area contributed by atoms with E-state index in [2.05, 4.69) is 5.32 Å². The van der Waals surface area contributed by atoms with E-state index in [1.807, 2.05) is 0 Å². The predicted octanol–water partition coefficient (Wildman–Crippen LogP) is 1.50. The molecule has 0 spiro atoms. The van der Waals surface area contributed by atoms with Crippen LogP contribution in [0.25, 0.3) is 0 Å². The maximum Gasteiger partial charge on any atom is 0.276 e. The van der Waals surface area contributed by atoms with Crippen LogP contribution in [0.1, 0.15) is 45.7 Å². The first-order chi connectivity index (χ1) is 14.8. The van der Waals surface area contributed by atoms with Gasteiger partial charge in [-0.3, -0.25) is 14.4 Å². The summed E-state index contributed by atoms with van der Waals surface area (Å²) in [4.78, 5) is 39.8. The van der Waals surface area contributed by atoms with Gasteiger partial charge in [0.25, 0.3) is 11.8 Å². The van der Waals surface area contributed by atoms with Gasteiger partial charge in [-0.05, 0) is 25.3 Å². The van der Waals surface area contributed by atoms with Crippen LogP contribution in [0.2, 0.25) is 0 Å². The number of pyridine rings is 1. The molecule has 2 fully saturated rings. The number of nitrogens with one attached hydrogen (secondary N) is 1. The molecule has 3 heterocycles. The number of halogens is 2. The van der Waals surface area contributed by atoms with Crippen molar-refractivity contribution in [2.75, 3.05) is 0 Å². The molecule has 1 saturated carbocycles. The van der Waals surface area contributed by atoms with Crippen molar-refractivity contribution in [3.05, 3.63) is 63.1 Å². The number of fused-ring (bicyclic) bond motifs is 4. The Balaban J connectivity index is 1.42. The number of nitrogens with zero attached hydrogens (tertiary/aromatic N) is 2. The van der Waals surface area contributed by atoms with Gasteiger partial charge in [0.15, 0.2) is 17.7 Å². The number of hydrogen-bond donors (Lipinski definition) is 2. The highest BCUT2D eigenvalue weighted by atomic mass is 19.1. The fourth-order valence-corrected chi connectivity index (χ4v) is 4.68. The Labute approximate surface area is 175 Å². The second-order valence-corrected chi connectivity index (χ2v) is 7.98. The summed E-state index contributed by atoms with van der Waals surface area (Å²) in [7, 11) is 0. The molecule has 5 rings (SSSR count). The van der Waals surface area contributed by atoms with Crippen LogP contribution in [-0.2, 0) is 17.8 Å². The van der Waals surface area contributed by atoms with Gasteiger partial charge in [0.05, 0.1) is 18.7 Å². The maximum atomic E-state index is 13.8. The minimum Gasteiger partial charge on any atom is -0.503 e. The smallest absolute Gasteiger partial charge is 0.276 e. The number of carbonyl (C=O) groups is 2. The third-order valence-electron chi connectivity index (χ3n) is 6.16. The Morgan fingerprint density at radius 1 is 1.26 bits per heavy atom. The molecule has 10 heteroatoms. The molecule has 0 radical (unpaired) electrons. The second-order valence-electron chi connectivity index (χ2n) is 7.98. The summed E-state index contributed by atoms with van der Waals surface area (Å²) >= 11 is 0. The van der Waals surface area contributed by atoms with Crippen molar-refractivity contribution < 1.29 is 28.2 Å². The van der Waals surface area contributed by atoms with Crippen molar-refractivity contribution in [3.63, 3.8) is 0 Å². The number of hydrogen-bond acceptors (Lipinski definition) is 5. The van der Waals surface area contributed by atoms with Gasteiger partial charge in [-0.2, -0.15) is 0 Å². The molecule has 1 aliphatic carbocycles. The van der Waals surface area contributed by atoms with Crippen molar-refractivity contribution in [1.82, 2.24) is 14.8 Å². The summed E-state index contributed by atoms with van der Waals surface area (Å²) in [5, 5.41) is 12.8. The van der Waals surface area contributed by atoms with E-state index in [-0.39, 0.29) is 42.1 Å². The van der Waals surface area contributed by atoms with Crippen LogP contribution in [0, 0.1) is 11.6 Å². The average molecular weight is 431 g/mol. The van der Waals surface area contributed by atoms with Crippen LogP contribution in [0.4, 0.5) is 8.78 Å². The van der Waals surface area contributed by atoms with Gasteiger partial charge in [0.1, 0.15) is 17.2 Å². The molecule has 2 aromatic rings. The fraction of sp³-hybridized carbons (Fsp3) is 0.381. The zero-order valence-corrected chi connectivity index (χ0v) is 16.3. The highest BCUT2D eigenvalue weighted by Crippen LogP contribution is 2.39. The molecule has 3 atom stereocenters. The molecule has 3 unspecified atom stereocenters. The number of aromatic nitrogens is 1. The topological polar surface area (TPSA) is 101 Å². The van der Waals surface area contributed by atoms with E-state index >= 15 is 0 Å². The monoisotopic (exact) mass is 431 g/mol. The molecule has 31 heavy (non-hydrogen) atoms. The first kappa shape index (κ1) is 19.7. The first-order valence-corrected chi connectivity index (χ1v) is 10.0. The molecule has 2 amide bonds. The number of rotatable bonds is 3. The summed E-state index contributed by atoms with van der Waals surface area (Å²) < 4.78 is 34.1. The second kappa shape index (κ2) is 7.16. The number of carbonyl (C=O) groups excluding carboxylic acids is 2. The zero-order valence-electron chi connectivity index (χ0n) is 16.3. The summed E-state index contributed by atoms with van der Waals surface area (Å²) in [6, 6.07) is 2.85. The average Bonchev–Trinajstić information content (AvgIpc) is 3.30. The predicted molar refractivity (Wildman–Crippen MR) is 102 cm³/mol. The largest absolute Gasteiger partial charge is 0.503 e. The van der Waals surface area contributed by atoms with E-state index in [4.69, 9.17) is 4.74 Å². The van der Waals surface area contributed by atoms with Crippen LogP contribution in [-0.4, -0.2) is 44.8 Å². The minimum absolute atomic E-state index is 0.0359. The van der Waals surface area contributed by atoms with Crippen LogP contribution in [0.15, 0.2) is 29.2 Å². The summed E-state index contributed by atoms with van der Waals surface area (Å²) in [5.41, 5.74) is -1.51. The molecule has 1 aromatic heterocycles. The van der Waals surface area contributed by atoms with Gasteiger partial charge >= 0.3 is 0 Å². The summed E-state index contributed by atoms with van der Waals surface area (Å²) in [6.07, 6.45) is 3.21. The SMILES string of the molecule is O=C(NCc1ccc(F)cc1F)c1cn2c(c(O)c1=O)C(=O)N1C(C2)OC2CCCC21. The quantitative estimate of drug-likeness (QED) is 0.767. The van der Waals surface area contributed by atoms with E-state index in [9.17, 15) is 28.3 Å². The van der Waals surface area contributed by atoms with Crippen LogP contribution in [0.3, 0.4) is 0 Å². The number of ether oxygens (including phenoxy) is 1. The molecule has 2 aliphatic heterocycles. The van der Waals surface area contributed by atoms with Crippen molar-refractivity contribution in [2.24, 2.45) is 0 Å². The molecule has 3 aliphatic rings. The molecule has 1 saturated heterocycles. The molecule has 8 nitrogen and oxygen atoms in total. The Morgan fingerprint density at radius 2 is 2.06 bits per heavy atom. The van der Waals surface area contributed by atoms with Crippen LogP contribution >= 0.6 is 0 Å². The first-order valence-electron chi connectivity index (χ1n) is 10.0. The summed E-state index contributed by atoms with van der Waals surface area (Å²) in [5.74, 6) is -3.73. The van der Waals surface area contributed by atoms with E-state index in [0.29, 0.717) is 6.07 Å². The minimum atomic E-state index is -0.988. The third kappa shape index (κ3) is 3.09. The fourth-order valence-electron chi connectivity index (χ4n) is 4.68. The van der Waals surface area contributed by atoms with Crippen molar-refractivity contribution in [2.45, 2.75) is 50.7 Å². The van der Waals surface area contributed by atoms with Gasteiger partial charge in [-0.1, -0.05) is 6.07 Å². The zero-order chi connectivity index (χ0) is 21.9. The van der Waals surface area contributed by atoms with Crippen molar-refractivity contribution >= 4 is 11.8 Å². The lowest BCUT2D eigenvalue weighted by molar-refractivity contribution is -0.0178. The molecule has 0 bridgehead atoms. The maximum absolute atomic E-state index is 13.8. The standard InChI is InChI=1S/C21H19F2N3O5/c22-11-5-4-10(13(23)6-11)7-24-20(29)12-8-25-9-16-26(14-2-1-3-15(14)31-16)21(30)17(25)19(28)18(12)27/h4-6,8,14-16,28H,1-3,7,9H2,(H,24,29). The molecule has 162 valence electrons. The van der Waals surface area contributed by atoms with E-state index in [0.717, 1.165) is 25.3 Å². The Hall–Kier alpha value is -3.27. The Kier molecular flexibility index (Phi) is 4.54. The number of amides is 2. The van der Waals surface area contributed by atoms with E-state index in [1.54, 1.807) is 4.90 Å². The van der Waals surface area contributed by atoms with Gasteiger partial charge in [0.2, 0.25) is 5.43 Å². The molecule has 2 N–H and O–H groups in total. The highest BCUT2D eigenvalue weighted by molar-refractivity contribution is 5.99. The lowest BCUT2D eigenvalue weighted by Gasteiger charge is -2.34. The van der Waals surface area contributed by atoms with Crippen molar-refractivity contribution in [1.29, 1.82) is 0 Å². The lowest BCUT2D eigenvalue weighted by atomic mass is 10.1. The number of benzene rings is 1. The van der Waals surface area contributed by atoms with Crippen molar-refractivity contribution in [3.8, 4) is 5.75 Å². The van der Waals surface area contributed by atoms with Gasteiger partial charge in [-0.25, -0.2) is 8.78 Å². The van der Waals surface area contributed by atoms with Gasteiger partial charge in [-0.15, -0.1) is 0 Å². The Bertz CT molecular complexity index is 1160. The van der Waals surface area contributed by atoms with Crippen LogP contribution < -0.4 is 10.7 Å². The highest BCUT2D eigenvalue weighted by Gasteiger charge is 2.50. The van der Waals surface area contributed by atoms with Gasteiger partial charge < -0.3 is 24.6 Å². The number of aromatic hydroxyl groups is 1. The van der Waals surface area contributed by atoms with E-state index < -0.39 is 40.9 Å². The summed E-state index contributed by atoms with van der Waals surface area (Å²) in [6.45, 7) is -0.108. The van der Waals surface area contributed by atoms with Gasteiger partial charge in [0, 0.05) is 24.4 Å². The molecule has 1 aromatic carbocycles. The molecular weight excluding hydrogens is 412 g/mol. The van der Waals surface area contributed by atoms with E-state index in [1.165, 1.54) is 16.8 Å². The van der Waals surface area contributed by atoms with Crippen LogP contribution in [0.5, 0.6) is 5.75 Å². The normalized spacial score (nSPS) is 24.0. The Morgan fingerprint density at radius 3 is 2.84 bits per heavy atom.